The fourth-order valence-electron chi connectivity index (χ4n) is 2.46. The second kappa shape index (κ2) is 5.18. The van der Waals surface area contributed by atoms with Crippen LogP contribution in [-0.4, -0.2) is 34.1 Å². The highest BCUT2D eigenvalue weighted by molar-refractivity contribution is 6.04. The Balaban J connectivity index is 1.79. The van der Waals surface area contributed by atoms with Crippen molar-refractivity contribution in [2.75, 3.05) is 17.7 Å². The second-order valence-corrected chi connectivity index (χ2v) is 5.39. The summed E-state index contributed by atoms with van der Waals surface area (Å²) in [6, 6.07) is 4.93. The number of H-pyrrole nitrogens is 1. The molecule has 0 spiro atoms. The van der Waals surface area contributed by atoms with E-state index in [0.717, 1.165) is 16.8 Å². The third-order valence-corrected chi connectivity index (χ3v) is 3.88. The molecule has 0 saturated heterocycles. The minimum Gasteiger partial charge on any atom is -0.337 e. The molecule has 0 fully saturated rings. The Bertz CT molecular complexity index is 765. The molecule has 7 heteroatoms. The molecular weight excluding hydrogens is 282 g/mol. The first-order valence-corrected chi connectivity index (χ1v) is 6.94. The lowest BCUT2D eigenvalue weighted by molar-refractivity contribution is 0.0816. The van der Waals surface area contributed by atoms with Gasteiger partial charge in [0.25, 0.3) is 5.91 Å². The first-order chi connectivity index (χ1) is 10.5. The largest absolute Gasteiger partial charge is 0.337 e. The van der Waals surface area contributed by atoms with E-state index in [1.165, 1.54) is 0 Å². The van der Waals surface area contributed by atoms with E-state index >= 15 is 0 Å². The lowest BCUT2D eigenvalue weighted by Crippen LogP contribution is -2.21. The zero-order chi connectivity index (χ0) is 15.9. The van der Waals surface area contributed by atoms with Gasteiger partial charge in [-0.3, -0.25) is 15.2 Å². The Morgan fingerprint density at radius 1 is 1.32 bits per heavy atom. The zero-order valence-electron chi connectivity index (χ0n) is 12.7. The van der Waals surface area contributed by atoms with E-state index in [4.69, 9.17) is 0 Å². The van der Waals surface area contributed by atoms with Gasteiger partial charge < -0.3 is 10.2 Å². The molecule has 3 amide bonds. The number of rotatable bonds is 2. The topological polar surface area (TPSA) is 90.1 Å². The number of amides is 3. The molecular formula is C15H17N5O2. The Kier molecular flexibility index (Phi) is 3.32. The van der Waals surface area contributed by atoms with E-state index in [1.54, 1.807) is 30.1 Å². The molecule has 0 saturated carbocycles. The van der Waals surface area contributed by atoms with Crippen molar-refractivity contribution >= 4 is 23.4 Å². The summed E-state index contributed by atoms with van der Waals surface area (Å²) >= 11 is 0. The van der Waals surface area contributed by atoms with Crippen LogP contribution in [0.2, 0.25) is 0 Å². The molecule has 0 aliphatic carbocycles. The van der Waals surface area contributed by atoms with Crippen LogP contribution in [-0.2, 0) is 6.54 Å². The summed E-state index contributed by atoms with van der Waals surface area (Å²) in [6.45, 7) is 4.25. The van der Waals surface area contributed by atoms with Crippen LogP contribution < -0.4 is 10.6 Å². The van der Waals surface area contributed by atoms with Crippen LogP contribution in [0.5, 0.6) is 0 Å². The maximum atomic E-state index is 12.1. The molecule has 1 aromatic carbocycles. The molecule has 0 bridgehead atoms. The van der Waals surface area contributed by atoms with E-state index in [2.05, 4.69) is 20.8 Å². The van der Waals surface area contributed by atoms with Gasteiger partial charge in [0.05, 0.1) is 0 Å². The number of hydrogen-bond donors (Lipinski definition) is 3. The standard InChI is InChI=1S/C15H17N5O2/c1-8-9(2)18-19-13(8)17-15(22)16-12-6-4-5-10-11(12)7-20(3)14(10)21/h4-6H,7H2,1-3H3,(H3,16,17,18,19,22). The number of carbonyl (C=O) groups is 2. The molecule has 1 aliphatic rings. The van der Waals surface area contributed by atoms with Gasteiger partial charge in [0, 0.05) is 41.7 Å². The summed E-state index contributed by atoms with van der Waals surface area (Å²) < 4.78 is 0. The number of urea groups is 1. The average Bonchev–Trinajstić information content (AvgIpc) is 2.95. The van der Waals surface area contributed by atoms with Crippen molar-refractivity contribution in [3.63, 3.8) is 0 Å². The Hall–Kier alpha value is -2.83. The first-order valence-electron chi connectivity index (χ1n) is 6.94. The van der Waals surface area contributed by atoms with Gasteiger partial charge in [0.1, 0.15) is 0 Å². The number of fused-ring (bicyclic) bond motifs is 1. The van der Waals surface area contributed by atoms with E-state index < -0.39 is 0 Å². The molecule has 0 unspecified atom stereocenters. The number of nitrogens with one attached hydrogen (secondary N) is 3. The Labute approximate surface area is 127 Å². The maximum absolute atomic E-state index is 12.1. The number of nitrogens with zero attached hydrogens (tertiary/aromatic N) is 2. The van der Waals surface area contributed by atoms with Crippen molar-refractivity contribution in [1.29, 1.82) is 0 Å². The van der Waals surface area contributed by atoms with Crippen LogP contribution in [0.25, 0.3) is 0 Å². The molecule has 3 rings (SSSR count). The summed E-state index contributed by atoms with van der Waals surface area (Å²) in [5, 5.41) is 12.3. The Morgan fingerprint density at radius 2 is 2.09 bits per heavy atom. The van der Waals surface area contributed by atoms with Crippen LogP contribution in [0.3, 0.4) is 0 Å². The third-order valence-electron chi connectivity index (χ3n) is 3.88. The van der Waals surface area contributed by atoms with Gasteiger partial charge in [-0.15, -0.1) is 0 Å². The molecule has 22 heavy (non-hydrogen) atoms. The van der Waals surface area contributed by atoms with Gasteiger partial charge in [-0.05, 0) is 26.0 Å². The molecule has 114 valence electrons. The molecule has 2 heterocycles. The van der Waals surface area contributed by atoms with Crippen molar-refractivity contribution in [1.82, 2.24) is 15.1 Å². The highest BCUT2D eigenvalue weighted by Crippen LogP contribution is 2.28. The molecule has 7 nitrogen and oxygen atoms in total. The molecule has 3 N–H and O–H groups in total. The normalized spacial score (nSPS) is 13.2. The lowest BCUT2D eigenvalue weighted by atomic mass is 10.1. The molecule has 1 aliphatic heterocycles. The van der Waals surface area contributed by atoms with Crippen LogP contribution in [0.1, 0.15) is 27.2 Å². The second-order valence-electron chi connectivity index (χ2n) is 5.39. The number of aromatic amines is 1. The van der Waals surface area contributed by atoms with Gasteiger partial charge in [-0.25, -0.2) is 4.79 Å². The molecule has 2 aromatic rings. The minimum absolute atomic E-state index is 0.0298. The van der Waals surface area contributed by atoms with Crippen molar-refractivity contribution in [2.45, 2.75) is 20.4 Å². The van der Waals surface area contributed by atoms with Crippen LogP contribution in [0.15, 0.2) is 18.2 Å². The third kappa shape index (κ3) is 2.30. The lowest BCUT2D eigenvalue weighted by Gasteiger charge is -2.10. The summed E-state index contributed by atoms with van der Waals surface area (Å²) in [7, 11) is 1.74. The number of anilines is 2. The van der Waals surface area contributed by atoms with Crippen molar-refractivity contribution < 1.29 is 9.59 Å². The number of aromatic nitrogens is 2. The first kappa shape index (κ1) is 14.1. The fraction of sp³-hybridized carbons (Fsp3) is 0.267. The van der Waals surface area contributed by atoms with Gasteiger partial charge in [0.15, 0.2) is 5.82 Å². The number of carbonyl (C=O) groups excluding carboxylic acids is 2. The fourth-order valence-corrected chi connectivity index (χ4v) is 2.46. The molecule has 0 radical (unpaired) electrons. The summed E-state index contributed by atoms with van der Waals surface area (Å²) in [5.74, 6) is 0.466. The van der Waals surface area contributed by atoms with Crippen LogP contribution in [0.4, 0.5) is 16.3 Å². The predicted molar refractivity (Wildman–Crippen MR) is 82.9 cm³/mol. The minimum atomic E-state index is -0.384. The van der Waals surface area contributed by atoms with Gasteiger partial charge in [0.2, 0.25) is 0 Å². The average molecular weight is 299 g/mol. The number of hydrogen-bond acceptors (Lipinski definition) is 3. The maximum Gasteiger partial charge on any atom is 0.324 e. The Morgan fingerprint density at radius 3 is 2.77 bits per heavy atom. The highest BCUT2D eigenvalue weighted by Gasteiger charge is 2.26. The van der Waals surface area contributed by atoms with Gasteiger partial charge >= 0.3 is 6.03 Å². The van der Waals surface area contributed by atoms with E-state index in [-0.39, 0.29) is 11.9 Å². The monoisotopic (exact) mass is 299 g/mol. The van der Waals surface area contributed by atoms with E-state index in [9.17, 15) is 9.59 Å². The van der Waals surface area contributed by atoms with Crippen molar-refractivity contribution in [3.05, 3.63) is 40.6 Å². The van der Waals surface area contributed by atoms with Crippen molar-refractivity contribution in [2.24, 2.45) is 0 Å². The zero-order valence-corrected chi connectivity index (χ0v) is 12.7. The summed E-state index contributed by atoms with van der Waals surface area (Å²) in [4.78, 5) is 25.7. The van der Waals surface area contributed by atoms with Gasteiger partial charge in [-0.1, -0.05) is 6.07 Å². The SMILES string of the molecule is Cc1[nH]nc(NC(=O)Nc2cccc3c2CN(C)C3=O)c1C. The molecule has 0 atom stereocenters. The quantitative estimate of drug-likeness (QED) is 0.794. The van der Waals surface area contributed by atoms with Crippen molar-refractivity contribution in [3.8, 4) is 0 Å². The molecule has 1 aromatic heterocycles. The highest BCUT2D eigenvalue weighted by atomic mass is 16.2. The predicted octanol–water partition coefficient (Wildman–Crippen LogP) is 2.26. The smallest absolute Gasteiger partial charge is 0.324 e. The number of aryl methyl sites for hydroxylation is 1. The van der Waals surface area contributed by atoms with E-state index in [0.29, 0.717) is 23.6 Å². The van der Waals surface area contributed by atoms with Crippen LogP contribution in [0, 0.1) is 13.8 Å². The summed E-state index contributed by atoms with van der Waals surface area (Å²) in [6.07, 6.45) is 0. The number of benzene rings is 1. The van der Waals surface area contributed by atoms with E-state index in [1.807, 2.05) is 13.8 Å². The van der Waals surface area contributed by atoms with Gasteiger partial charge in [-0.2, -0.15) is 5.10 Å². The summed E-state index contributed by atoms with van der Waals surface area (Å²) in [5.41, 5.74) is 3.90. The van der Waals surface area contributed by atoms with Crippen LogP contribution >= 0.6 is 0 Å².